The van der Waals surface area contributed by atoms with Crippen LogP contribution < -0.4 is 21.1 Å². The maximum atomic E-state index is 4.94. The van der Waals surface area contributed by atoms with Crippen molar-refractivity contribution in [2.45, 2.75) is 52.2 Å². The first-order chi connectivity index (χ1) is 13.4. The number of anilines is 1. The van der Waals surface area contributed by atoms with Crippen LogP contribution in [0.2, 0.25) is 0 Å². The highest BCUT2D eigenvalue weighted by Gasteiger charge is 2.33. The number of pyridine rings is 1. The van der Waals surface area contributed by atoms with E-state index in [4.69, 9.17) is 9.97 Å². The van der Waals surface area contributed by atoms with E-state index in [1.54, 1.807) is 6.20 Å². The van der Waals surface area contributed by atoms with E-state index in [-0.39, 0.29) is 5.41 Å². The smallest absolute Gasteiger partial charge is 0.180 e. The molecule has 4 heterocycles. The number of fused-ring (bicyclic) bond motifs is 1. The van der Waals surface area contributed by atoms with Gasteiger partial charge in [0.25, 0.3) is 0 Å². The van der Waals surface area contributed by atoms with Gasteiger partial charge < -0.3 is 10.2 Å². The quantitative estimate of drug-likeness (QED) is 0.747. The second kappa shape index (κ2) is 7.73. The molecule has 0 bridgehead atoms. The monoisotopic (exact) mass is 381 g/mol. The van der Waals surface area contributed by atoms with Crippen LogP contribution in [0.3, 0.4) is 0 Å². The van der Waals surface area contributed by atoms with E-state index in [1.165, 1.54) is 5.56 Å². The van der Waals surface area contributed by atoms with Crippen molar-refractivity contribution in [2.75, 3.05) is 25.0 Å². The first kappa shape index (κ1) is 19.2. The number of likely N-dealkylation sites (N-methyl/N-ethyl adjacent to an activating group) is 1. The lowest BCUT2D eigenvalue weighted by Crippen LogP contribution is -2.42. The Morgan fingerprint density at radius 3 is 2.75 bits per heavy atom. The molecular weight excluding hydrogens is 350 g/mol. The van der Waals surface area contributed by atoms with Crippen LogP contribution >= 0.6 is 0 Å². The van der Waals surface area contributed by atoms with Crippen LogP contribution in [0.4, 0.5) is 5.82 Å². The molecule has 2 aliphatic rings. The molecule has 28 heavy (non-hydrogen) atoms. The molecule has 0 aliphatic carbocycles. The summed E-state index contributed by atoms with van der Waals surface area (Å²) in [6.07, 6.45) is 3.86. The predicted octanol–water partition coefficient (Wildman–Crippen LogP) is 1.90. The molecule has 0 saturated carbocycles. The zero-order chi connectivity index (χ0) is 19.7. The minimum Gasteiger partial charge on any atom is -0.358 e. The Hall–Kier alpha value is -2.09. The van der Waals surface area contributed by atoms with Crippen molar-refractivity contribution in [3.05, 3.63) is 35.7 Å². The largest absolute Gasteiger partial charge is 0.358 e. The molecule has 2 aromatic heterocycles. The van der Waals surface area contributed by atoms with Crippen molar-refractivity contribution in [3.63, 3.8) is 0 Å². The van der Waals surface area contributed by atoms with Crippen LogP contribution in [0.15, 0.2) is 24.4 Å². The second-order valence-electron chi connectivity index (χ2n) is 8.96. The van der Waals surface area contributed by atoms with Crippen molar-refractivity contribution in [3.8, 4) is 11.5 Å². The highest BCUT2D eigenvalue weighted by Crippen LogP contribution is 2.28. The molecule has 2 aromatic rings. The predicted molar refractivity (Wildman–Crippen MR) is 112 cm³/mol. The number of hydrazine groups is 1. The van der Waals surface area contributed by atoms with Gasteiger partial charge in [-0.1, -0.05) is 26.8 Å². The van der Waals surface area contributed by atoms with Crippen LogP contribution in [-0.2, 0) is 13.0 Å². The molecule has 1 fully saturated rings. The van der Waals surface area contributed by atoms with E-state index >= 15 is 0 Å². The van der Waals surface area contributed by atoms with Gasteiger partial charge >= 0.3 is 0 Å². The molecule has 0 radical (unpaired) electrons. The van der Waals surface area contributed by atoms with Gasteiger partial charge in [-0.15, -0.1) is 0 Å². The molecule has 0 amide bonds. The summed E-state index contributed by atoms with van der Waals surface area (Å²) >= 11 is 0. The van der Waals surface area contributed by atoms with Gasteiger partial charge in [0.15, 0.2) is 5.82 Å². The SMILES string of the molecule is CN(CC1CC(C(C)(C)C)NN1)c1nc(-c2ccccn2)nc2c1CCNC2. The summed E-state index contributed by atoms with van der Waals surface area (Å²) in [4.78, 5) is 16.5. The van der Waals surface area contributed by atoms with E-state index in [0.29, 0.717) is 17.9 Å². The normalized spacial score (nSPS) is 22.1. The minimum atomic E-state index is 0.242. The Labute approximate surface area is 167 Å². The van der Waals surface area contributed by atoms with E-state index in [0.717, 1.165) is 49.7 Å². The Morgan fingerprint density at radius 1 is 1.18 bits per heavy atom. The molecule has 7 heteroatoms. The summed E-state index contributed by atoms with van der Waals surface area (Å²) in [6.45, 7) is 9.50. The van der Waals surface area contributed by atoms with E-state index in [2.05, 4.69) is 53.9 Å². The molecule has 7 nitrogen and oxygen atoms in total. The molecule has 2 aliphatic heterocycles. The summed E-state index contributed by atoms with van der Waals surface area (Å²) < 4.78 is 0. The van der Waals surface area contributed by atoms with Crippen LogP contribution in [0, 0.1) is 5.41 Å². The van der Waals surface area contributed by atoms with Crippen LogP contribution in [-0.4, -0.2) is 47.2 Å². The average molecular weight is 382 g/mol. The third-order valence-electron chi connectivity index (χ3n) is 5.69. The van der Waals surface area contributed by atoms with Crippen molar-refractivity contribution >= 4 is 5.82 Å². The first-order valence-corrected chi connectivity index (χ1v) is 10.2. The molecule has 150 valence electrons. The molecule has 3 N–H and O–H groups in total. The summed E-state index contributed by atoms with van der Waals surface area (Å²) in [5.74, 6) is 1.74. The highest BCUT2D eigenvalue weighted by atomic mass is 15.4. The third kappa shape index (κ3) is 4.01. The van der Waals surface area contributed by atoms with Gasteiger partial charge in [-0.25, -0.2) is 9.97 Å². The van der Waals surface area contributed by atoms with Crippen LogP contribution in [0.5, 0.6) is 0 Å². The number of nitrogens with zero attached hydrogens (tertiary/aromatic N) is 4. The van der Waals surface area contributed by atoms with Crippen molar-refractivity contribution < 1.29 is 0 Å². The lowest BCUT2D eigenvalue weighted by atomic mass is 9.84. The number of hydrogen-bond acceptors (Lipinski definition) is 7. The fourth-order valence-electron chi connectivity index (χ4n) is 3.99. The molecule has 2 atom stereocenters. The summed E-state index contributed by atoms with van der Waals surface area (Å²) in [6, 6.07) is 6.73. The number of hydrogen-bond donors (Lipinski definition) is 3. The van der Waals surface area contributed by atoms with E-state index < -0.39 is 0 Å². The number of rotatable bonds is 4. The summed E-state index contributed by atoms with van der Waals surface area (Å²) in [5.41, 5.74) is 10.4. The van der Waals surface area contributed by atoms with Gasteiger partial charge in [0, 0.05) is 44.0 Å². The second-order valence-corrected chi connectivity index (χ2v) is 8.96. The standard InChI is InChI=1S/C21H31N7/c1-21(2,3)18-11-14(26-27-18)13-28(4)20-15-8-10-22-12-17(15)24-19(25-20)16-7-5-6-9-23-16/h5-7,9,14,18,22,26-27H,8,10-13H2,1-4H3. The zero-order valence-corrected chi connectivity index (χ0v) is 17.3. The Kier molecular flexibility index (Phi) is 5.31. The number of aromatic nitrogens is 3. The first-order valence-electron chi connectivity index (χ1n) is 10.2. The van der Waals surface area contributed by atoms with Gasteiger partial charge in [0.2, 0.25) is 0 Å². The van der Waals surface area contributed by atoms with Gasteiger partial charge in [0.05, 0.1) is 5.69 Å². The molecule has 4 rings (SSSR count). The number of nitrogens with one attached hydrogen (secondary N) is 3. The van der Waals surface area contributed by atoms with Crippen molar-refractivity contribution in [1.29, 1.82) is 0 Å². The van der Waals surface area contributed by atoms with Crippen LogP contribution in [0.25, 0.3) is 11.5 Å². The van der Waals surface area contributed by atoms with E-state index in [1.807, 2.05) is 18.2 Å². The molecular formula is C21H31N7. The van der Waals surface area contributed by atoms with E-state index in [9.17, 15) is 0 Å². The molecule has 1 saturated heterocycles. The van der Waals surface area contributed by atoms with Gasteiger partial charge in [-0.3, -0.25) is 15.8 Å². The van der Waals surface area contributed by atoms with Crippen molar-refractivity contribution in [1.82, 2.24) is 31.1 Å². The van der Waals surface area contributed by atoms with Gasteiger partial charge in [0.1, 0.15) is 11.5 Å². The van der Waals surface area contributed by atoms with Gasteiger partial charge in [-0.05, 0) is 36.9 Å². The van der Waals surface area contributed by atoms with Crippen molar-refractivity contribution in [2.24, 2.45) is 5.41 Å². The third-order valence-corrected chi connectivity index (χ3v) is 5.69. The lowest BCUT2D eigenvalue weighted by Gasteiger charge is -2.28. The fraction of sp³-hybridized carbons (Fsp3) is 0.571. The molecule has 2 unspecified atom stereocenters. The highest BCUT2D eigenvalue weighted by molar-refractivity contribution is 5.58. The fourth-order valence-corrected chi connectivity index (χ4v) is 3.99. The molecule has 0 aromatic carbocycles. The molecule has 0 spiro atoms. The topological polar surface area (TPSA) is 78.0 Å². The summed E-state index contributed by atoms with van der Waals surface area (Å²) in [5, 5.41) is 3.43. The lowest BCUT2D eigenvalue weighted by molar-refractivity contribution is 0.286. The Morgan fingerprint density at radius 2 is 2.04 bits per heavy atom. The summed E-state index contributed by atoms with van der Waals surface area (Å²) in [7, 11) is 2.14. The maximum Gasteiger partial charge on any atom is 0.180 e. The maximum absolute atomic E-state index is 4.94. The zero-order valence-electron chi connectivity index (χ0n) is 17.3. The van der Waals surface area contributed by atoms with Crippen LogP contribution in [0.1, 0.15) is 38.4 Å². The average Bonchev–Trinajstić information content (AvgIpc) is 3.17. The Balaban J connectivity index is 1.59. The van der Waals surface area contributed by atoms with Gasteiger partial charge in [-0.2, -0.15) is 0 Å². The minimum absolute atomic E-state index is 0.242. The Bertz CT molecular complexity index is 815.